The van der Waals surface area contributed by atoms with Gasteiger partial charge in [-0.1, -0.05) is 12.1 Å². The quantitative estimate of drug-likeness (QED) is 0.889. The highest BCUT2D eigenvalue weighted by Gasteiger charge is 2.25. The number of nitriles is 1. The smallest absolute Gasteiger partial charge is 0.222 e. The van der Waals surface area contributed by atoms with Crippen molar-refractivity contribution in [2.45, 2.75) is 32.4 Å². The third kappa shape index (κ3) is 3.84. The average molecular weight is 325 g/mol. The van der Waals surface area contributed by atoms with Crippen LogP contribution in [-0.4, -0.2) is 31.8 Å². The molecule has 0 aromatic heterocycles. The van der Waals surface area contributed by atoms with Gasteiger partial charge in [0.05, 0.1) is 11.6 Å². The molecule has 2 aliphatic heterocycles. The lowest BCUT2D eigenvalue weighted by Gasteiger charge is -2.26. The van der Waals surface area contributed by atoms with Crippen LogP contribution in [-0.2, 0) is 9.53 Å². The van der Waals surface area contributed by atoms with Crippen molar-refractivity contribution in [3.05, 3.63) is 41.0 Å². The molecule has 126 valence electrons. The highest BCUT2D eigenvalue weighted by Crippen LogP contribution is 2.30. The Balaban J connectivity index is 1.72. The minimum Gasteiger partial charge on any atom is -0.359 e. The Labute approximate surface area is 142 Å². The van der Waals surface area contributed by atoms with Crippen molar-refractivity contribution in [1.29, 1.82) is 5.26 Å². The maximum atomic E-state index is 12.3. The second kappa shape index (κ2) is 7.61. The molecule has 2 aliphatic rings. The number of benzene rings is 1. The third-order valence-electron chi connectivity index (χ3n) is 4.65. The Morgan fingerprint density at radius 3 is 3.08 bits per heavy atom. The van der Waals surface area contributed by atoms with E-state index >= 15 is 0 Å². The summed E-state index contributed by atoms with van der Waals surface area (Å²) < 4.78 is 5.48. The minimum atomic E-state index is -0.127. The van der Waals surface area contributed by atoms with E-state index in [0.717, 1.165) is 43.7 Å². The molecule has 1 fully saturated rings. The maximum Gasteiger partial charge on any atom is 0.222 e. The predicted molar refractivity (Wildman–Crippen MR) is 92.0 cm³/mol. The fourth-order valence-electron chi connectivity index (χ4n) is 3.44. The molecule has 1 aromatic carbocycles. The minimum absolute atomic E-state index is 0.0350. The van der Waals surface area contributed by atoms with Crippen LogP contribution in [0.2, 0.25) is 0 Å². The molecular weight excluding hydrogens is 302 g/mol. The molecule has 1 amide bonds. The van der Waals surface area contributed by atoms with Crippen LogP contribution in [0.1, 0.15) is 36.0 Å². The fourth-order valence-corrected chi connectivity index (χ4v) is 3.44. The Bertz CT molecular complexity index is 684. The summed E-state index contributed by atoms with van der Waals surface area (Å²) in [6.07, 6.45) is 4.37. The number of hydrogen-bond donors (Lipinski definition) is 2. The standard InChI is InChI=1S/C19H23N3O2/c1-13-9-14(11-20)4-5-16(13)17-6-7-21-12-15(17)10-18(23)22-19-3-2-8-24-19/h4-6,9,15,19,21H,2-3,7-8,10,12H2,1H3,(H,22,23)/t15-,19+/m0/s1. The van der Waals surface area contributed by atoms with Crippen molar-refractivity contribution >= 4 is 11.5 Å². The summed E-state index contributed by atoms with van der Waals surface area (Å²) in [6.45, 7) is 4.33. The normalized spacial score (nSPS) is 23.4. The van der Waals surface area contributed by atoms with Gasteiger partial charge in [0, 0.05) is 32.0 Å². The van der Waals surface area contributed by atoms with Crippen LogP contribution in [0.4, 0.5) is 0 Å². The van der Waals surface area contributed by atoms with E-state index < -0.39 is 0 Å². The first-order valence-corrected chi connectivity index (χ1v) is 8.50. The van der Waals surface area contributed by atoms with Crippen molar-refractivity contribution < 1.29 is 9.53 Å². The highest BCUT2D eigenvalue weighted by atomic mass is 16.5. The second-order valence-electron chi connectivity index (χ2n) is 6.43. The zero-order valence-electron chi connectivity index (χ0n) is 14.0. The van der Waals surface area contributed by atoms with E-state index in [0.29, 0.717) is 12.0 Å². The van der Waals surface area contributed by atoms with E-state index in [1.807, 2.05) is 25.1 Å². The largest absolute Gasteiger partial charge is 0.359 e. The summed E-state index contributed by atoms with van der Waals surface area (Å²) in [5.74, 6) is 0.166. The van der Waals surface area contributed by atoms with Crippen LogP contribution >= 0.6 is 0 Å². The van der Waals surface area contributed by atoms with E-state index in [4.69, 9.17) is 10.00 Å². The van der Waals surface area contributed by atoms with Crippen LogP contribution in [0.5, 0.6) is 0 Å². The molecule has 1 aromatic rings. The van der Waals surface area contributed by atoms with Crippen molar-refractivity contribution in [3.8, 4) is 6.07 Å². The molecule has 0 bridgehead atoms. The summed E-state index contributed by atoms with van der Waals surface area (Å²) in [5.41, 5.74) is 4.06. The van der Waals surface area contributed by atoms with E-state index in [-0.39, 0.29) is 18.1 Å². The Kier molecular flexibility index (Phi) is 5.29. The number of carbonyl (C=O) groups excluding carboxylic acids is 1. The SMILES string of the molecule is Cc1cc(C#N)ccc1C1=CCNC[C@@H]1CC(=O)N[C@H]1CCCO1. The van der Waals surface area contributed by atoms with Gasteiger partial charge in [-0.25, -0.2) is 0 Å². The number of ether oxygens (including phenoxy) is 1. The molecule has 3 rings (SSSR count). The molecule has 1 saturated heterocycles. The molecule has 2 atom stereocenters. The van der Waals surface area contributed by atoms with Gasteiger partial charge in [-0.3, -0.25) is 4.79 Å². The topological polar surface area (TPSA) is 74.2 Å². The molecule has 2 heterocycles. The van der Waals surface area contributed by atoms with Crippen LogP contribution in [0, 0.1) is 24.2 Å². The first-order chi connectivity index (χ1) is 11.7. The van der Waals surface area contributed by atoms with E-state index in [1.54, 1.807) is 0 Å². The van der Waals surface area contributed by atoms with Crippen LogP contribution < -0.4 is 10.6 Å². The molecule has 0 aliphatic carbocycles. The fraction of sp³-hybridized carbons (Fsp3) is 0.474. The average Bonchev–Trinajstić information content (AvgIpc) is 3.08. The predicted octanol–water partition coefficient (Wildman–Crippen LogP) is 2.11. The molecular formula is C19H23N3O2. The highest BCUT2D eigenvalue weighted by molar-refractivity contribution is 5.81. The summed E-state index contributed by atoms with van der Waals surface area (Å²) in [7, 11) is 0. The zero-order valence-corrected chi connectivity index (χ0v) is 14.0. The third-order valence-corrected chi connectivity index (χ3v) is 4.65. The van der Waals surface area contributed by atoms with Crippen LogP contribution in [0.3, 0.4) is 0 Å². The van der Waals surface area contributed by atoms with Crippen LogP contribution in [0.25, 0.3) is 5.57 Å². The summed E-state index contributed by atoms with van der Waals surface area (Å²) >= 11 is 0. The molecule has 0 spiro atoms. The van der Waals surface area contributed by atoms with Crippen molar-refractivity contribution in [2.24, 2.45) is 5.92 Å². The van der Waals surface area contributed by atoms with Gasteiger partial charge >= 0.3 is 0 Å². The lowest BCUT2D eigenvalue weighted by molar-refractivity contribution is -0.124. The molecule has 0 unspecified atom stereocenters. The molecule has 0 saturated carbocycles. The Morgan fingerprint density at radius 1 is 1.50 bits per heavy atom. The van der Waals surface area contributed by atoms with Gasteiger partial charge in [0.2, 0.25) is 5.91 Å². The van der Waals surface area contributed by atoms with Crippen molar-refractivity contribution in [2.75, 3.05) is 19.7 Å². The summed E-state index contributed by atoms with van der Waals surface area (Å²) in [4.78, 5) is 12.3. The van der Waals surface area contributed by atoms with Crippen molar-refractivity contribution in [1.82, 2.24) is 10.6 Å². The molecule has 24 heavy (non-hydrogen) atoms. The van der Waals surface area contributed by atoms with Gasteiger partial charge < -0.3 is 15.4 Å². The first kappa shape index (κ1) is 16.7. The van der Waals surface area contributed by atoms with Crippen molar-refractivity contribution in [3.63, 3.8) is 0 Å². The summed E-state index contributed by atoms with van der Waals surface area (Å²) in [5, 5.41) is 15.3. The number of rotatable bonds is 4. The number of carbonyl (C=O) groups is 1. The number of nitrogens with zero attached hydrogens (tertiary/aromatic N) is 1. The number of aryl methyl sites for hydroxylation is 1. The summed E-state index contributed by atoms with van der Waals surface area (Å²) in [6, 6.07) is 7.91. The first-order valence-electron chi connectivity index (χ1n) is 8.50. The monoisotopic (exact) mass is 325 g/mol. The lowest BCUT2D eigenvalue weighted by atomic mass is 9.85. The van der Waals surface area contributed by atoms with Gasteiger partial charge in [-0.15, -0.1) is 0 Å². The van der Waals surface area contributed by atoms with Gasteiger partial charge in [0.15, 0.2) is 0 Å². The molecule has 2 N–H and O–H groups in total. The molecule has 0 radical (unpaired) electrons. The number of hydrogen-bond acceptors (Lipinski definition) is 4. The van der Waals surface area contributed by atoms with E-state index in [9.17, 15) is 4.79 Å². The van der Waals surface area contributed by atoms with Gasteiger partial charge in [0.25, 0.3) is 0 Å². The second-order valence-corrected chi connectivity index (χ2v) is 6.43. The Morgan fingerprint density at radius 2 is 2.38 bits per heavy atom. The molecule has 5 nitrogen and oxygen atoms in total. The number of nitrogens with one attached hydrogen (secondary N) is 2. The lowest BCUT2D eigenvalue weighted by Crippen LogP contribution is -2.38. The molecule has 5 heteroatoms. The maximum absolute atomic E-state index is 12.3. The van der Waals surface area contributed by atoms with Gasteiger partial charge in [-0.2, -0.15) is 5.26 Å². The van der Waals surface area contributed by atoms with Gasteiger partial charge in [-0.05, 0) is 48.6 Å². The van der Waals surface area contributed by atoms with E-state index in [2.05, 4.69) is 22.8 Å². The Hall–Kier alpha value is -2.16. The van der Waals surface area contributed by atoms with Gasteiger partial charge in [0.1, 0.15) is 6.23 Å². The van der Waals surface area contributed by atoms with E-state index in [1.165, 1.54) is 5.57 Å². The number of amides is 1. The zero-order chi connectivity index (χ0) is 16.9. The van der Waals surface area contributed by atoms with Crippen LogP contribution in [0.15, 0.2) is 24.3 Å².